The summed E-state index contributed by atoms with van der Waals surface area (Å²) in [6, 6.07) is 4.12. The van der Waals surface area contributed by atoms with Gasteiger partial charge in [0.25, 0.3) is 0 Å². The van der Waals surface area contributed by atoms with Crippen molar-refractivity contribution in [2.75, 3.05) is 41.2 Å². The summed E-state index contributed by atoms with van der Waals surface area (Å²) in [5.74, 6) is -1.98. The second kappa shape index (κ2) is 22.9. The van der Waals surface area contributed by atoms with Crippen LogP contribution in [-0.4, -0.2) is 76.2 Å². The maximum Gasteiger partial charge on any atom is 0.319 e. The van der Waals surface area contributed by atoms with E-state index < -0.39 is 43.3 Å². The Morgan fingerprint density at radius 3 is 2.29 bits per heavy atom. The Balaban J connectivity index is 0.00000664. The largest absolute Gasteiger partial charge is 0.481 e. The normalized spacial score (nSPS) is 11.8. The average molecular weight is 798 g/mol. The predicted octanol–water partition coefficient (Wildman–Crippen LogP) is 6.61. The van der Waals surface area contributed by atoms with Crippen molar-refractivity contribution in [1.82, 2.24) is 5.32 Å². The van der Waals surface area contributed by atoms with E-state index in [0.717, 1.165) is 17.6 Å². The van der Waals surface area contributed by atoms with Crippen LogP contribution in [0.1, 0.15) is 74.8 Å². The van der Waals surface area contributed by atoms with Crippen LogP contribution in [0.25, 0.3) is 5.57 Å². The molecule has 288 valence electrons. The van der Waals surface area contributed by atoms with Gasteiger partial charge >= 0.3 is 12.0 Å². The minimum atomic E-state index is -3.89. The van der Waals surface area contributed by atoms with Crippen molar-refractivity contribution in [3.05, 3.63) is 65.1 Å². The summed E-state index contributed by atoms with van der Waals surface area (Å²) in [7, 11) is -7.08. The summed E-state index contributed by atoms with van der Waals surface area (Å²) in [6.45, 7) is 9.78. The zero-order valence-electron chi connectivity index (χ0n) is 30.3. The van der Waals surface area contributed by atoms with E-state index in [1.807, 2.05) is 13.8 Å². The topological polar surface area (TPSA) is 226 Å². The monoisotopic (exact) mass is 797 g/mol. The van der Waals surface area contributed by atoms with E-state index in [0.29, 0.717) is 75.8 Å². The van der Waals surface area contributed by atoms with Crippen LogP contribution in [0.5, 0.6) is 0 Å². The molecule has 0 unspecified atom stereocenters. The maximum absolute atomic E-state index is 13.6. The SMILES string of the molecule is C=C/C=C\C(=C/CS(=O)(=O)c1cc(C(=N)N)sc1SC)c1c(C)cc(NC(=O)NCCCCCC(=O)O)cc1NC(=O)CCCCS(C)(=O)=O.CC. The van der Waals surface area contributed by atoms with E-state index in [2.05, 4.69) is 22.5 Å². The molecule has 0 radical (unpaired) electrons. The van der Waals surface area contributed by atoms with Crippen LogP contribution in [0.3, 0.4) is 0 Å². The first-order valence-electron chi connectivity index (χ1n) is 16.6. The van der Waals surface area contributed by atoms with Gasteiger partial charge < -0.3 is 26.8 Å². The van der Waals surface area contributed by atoms with Crippen molar-refractivity contribution < 1.29 is 36.3 Å². The summed E-state index contributed by atoms with van der Waals surface area (Å²) >= 11 is 2.36. The van der Waals surface area contributed by atoms with Crippen LogP contribution in [0.2, 0.25) is 0 Å². The van der Waals surface area contributed by atoms with Gasteiger partial charge in [0.15, 0.2) is 9.84 Å². The molecule has 0 aliphatic heterocycles. The number of hydrogen-bond acceptors (Lipinski definition) is 10. The summed E-state index contributed by atoms with van der Waals surface area (Å²) in [4.78, 5) is 36.9. The number of nitrogen functional groups attached to an aromatic ring is 1. The van der Waals surface area contributed by atoms with Gasteiger partial charge in [0.2, 0.25) is 5.91 Å². The maximum atomic E-state index is 13.6. The van der Waals surface area contributed by atoms with Gasteiger partial charge in [-0.1, -0.05) is 51.2 Å². The number of allylic oxidation sites excluding steroid dienone is 4. The van der Waals surface area contributed by atoms with Gasteiger partial charge in [-0.25, -0.2) is 21.6 Å². The Hall–Kier alpha value is -3.93. The average Bonchev–Trinajstić information content (AvgIpc) is 3.52. The number of sulfone groups is 2. The number of rotatable bonds is 21. The van der Waals surface area contributed by atoms with Crippen molar-refractivity contribution in [2.45, 2.75) is 74.8 Å². The van der Waals surface area contributed by atoms with E-state index in [1.165, 1.54) is 30.0 Å². The number of nitrogens with one attached hydrogen (secondary N) is 4. The number of benzene rings is 1. The molecule has 0 spiro atoms. The van der Waals surface area contributed by atoms with Crippen molar-refractivity contribution in [2.24, 2.45) is 5.73 Å². The van der Waals surface area contributed by atoms with E-state index in [9.17, 15) is 31.2 Å². The summed E-state index contributed by atoms with van der Waals surface area (Å²) < 4.78 is 50.7. The highest BCUT2D eigenvalue weighted by atomic mass is 32.2. The first kappa shape index (κ1) is 46.1. The second-order valence-electron chi connectivity index (χ2n) is 11.4. The number of thioether (sulfide) groups is 1. The summed E-state index contributed by atoms with van der Waals surface area (Å²) in [6.07, 6.45) is 11.6. The number of hydrogen-bond donors (Lipinski definition) is 6. The number of urea groups is 1. The van der Waals surface area contributed by atoms with Crippen LogP contribution in [0.4, 0.5) is 16.2 Å². The number of carboxylic acids is 1. The van der Waals surface area contributed by atoms with Crippen LogP contribution in [0.15, 0.2) is 58.2 Å². The lowest BCUT2D eigenvalue weighted by atomic mass is 9.96. The number of amidine groups is 1. The Morgan fingerprint density at radius 2 is 1.69 bits per heavy atom. The molecule has 7 N–H and O–H groups in total. The number of anilines is 2. The highest BCUT2D eigenvalue weighted by Gasteiger charge is 2.23. The van der Waals surface area contributed by atoms with Gasteiger partial charge in [-0.3, -0.25) is 15.0 Å². The first-order valence-corrected chi connectivity index (χ1v) is 22.4. The third-order valence-corrected chi connectivity index (χ3v) is 12.3. The molecule has 0 aliphatic carbocycles. The summed E-state index contributed by atoms with van der Waals surface area (Å²) in [5.41, 5.74) is 7.80. The number of aliphatic carboxylic acids is 1. The van der Waals surface area contributed by atoms with E-state index in [-0.39, 0.29) is 29.3 Å². The molecule has 0 aliphatic rings. The van der Waals surface area contributed by atoms with E-state index in [4.69, 9.17) is 16.2 Å². The number of carboxylic acid groups (broad SMARTS) is 1. The van der Waals surface area contributed by atoms with Gasteiger partial charge in [0, 0.05) is 42.6 Å². The lowest BCUT2D eigenvalue weighted by Gasteiger charge is -2.18. The molecule has 0 fully saturated rings. The molecule has 2 rings (SSSR count). The Kier molecular flexibility index (Phi) is 20.3. The molecule has 0 bridgehead atoms. The minimum Gasteiger partial charge on any atom is -0.481 e. The molecule has 52 heavy (non-hydrogen) atoms. The molecular weight excluding hydrogens is 747 g/mol. The van der Waals surface area contributed by atoms with Crippen molar-refractivity contribution in [1.29, 1.82) is 5.41 Å². The molecule has 1 heterocycles. The predicted molar refractivity (Wildman–Crippen MR) is 214 cm³/mol. The van der Waals surface area contributed by atoms with Crippen LogP contribution >= 0.6 is 23.1 Å². The zero-order valence-corrected chi connectivity index (χ0v) is 33.6. The van der Waals surface area contributed by atoms with Gasteiger partial charge in [0.1, 0.15) is 15.7 Å². The number of nitrogens with two attached hydrogens (primary N) is 1. The van der Waals surface area contributed by atoms with Gasteiger partial charge in [-0.2, -0.15) is 0 Å². The molecule has 13 nitrogen and oxygen atoms in total. The van der Waals surface area contributed by atoms with Gasteiger partial charge in [0.05, 0.1) is 25.4 Å². The second-order valence-corrected chi connectivity index (χ2v) is 17.7. The third-order valence-electron chi connectivity index (χ3n) is 7.06. The number of carbonyl (C=O) groups is 3. The number of unbranched alkanes of at least 4 members (excludes halogenated alkanes) is 3. The number of amides is 3. The zero-order chi connectivity index (χ0) is 39.5. The van der Waals surface area contributed by atoms with Gasteiger partial charge in [-0.05, 0) is 68.2 Å². The lowest BCUT2D eigenvalue weighted by Crippen LogP contribution is -2.29. The number of carbonyl (C=O) groups excluding carboxylic acids is 2. The van der Waals surface area contributed by atoms with Crippen LogP contribution in [0, 0.1) is 12.3 Å². The summed E-state index contributed by atoms with van der Waals surface area (Å²) in [5, 5.41) is 24.8. The van der Waals surface area contributed by atoms with Crippen LogP contribution < -0.4 is 21.7 Å². The molecule has 0 atom stereocenters. The highest BCUT2D eigenvalue weighted by Crippen LogP contribution is 2.36. The van der Waals surface area contributed by atoms with E-state index in [1.54, 1.807) is 37.5 Å². The Morgan fingerprint density at radius 1 is 1.02 bits per heavy atom. The molecule has 3 amide bonds. The Bertz CT molecular complexity index is 1850. The Labute approximate surface area is 316 Å². The molecule has 2 aromatic rings. The van der Waals surface area contributed by atoms with Crippen molar-refractivity contribution in [3.63, 3.8) is 0 Å². The molecule has 0 saturated heterocycles. The standard InChI is InChI=1S/C33H45N5O8S4.C2H6/c1-5-6-12-23(15-18-50(45,46)27-21-26(31(34)35)48-32(27)47-3)30-22(2)19-24(37-33(42)36-16-10-7-8-14-29(40)41)20-25(30)38-28(39)13-9-11-17-49(4,43)44;1-2/h5-6,12,15,19-21H,1,7-11,13-14,16-18H2,2-4H3,(H3,34,35)(H,38,39)(H,40,41)(H2,36,37,42);1-2H3/b12-6-,23-15+;. The molecule has 1 aromatic carbocycles. The van der Waals surface area contributed by atoms with Crippen LogP contribution in [-0.2, 0) is 29.3 Å². The van der Waals surface area contributed by atoms with Crippen molar-refractivity contribution in [3.8, 4) is 0 Å². The molecule has 0 saturated carbocycles. The highest BCUT2D eigenvalue weighted by molar-refractivity contribution is 8.01. The number of thiophene rings is 1. The van der Waals surface area contributed by atoms with Crippen molar-refractivity contribution >= 4 is 83.5 Å². The van der Waals surface area contributed by atoms with E-state index >= 15 is 0 Å². The third kappa shape index (κ3) is 16.6. The molecular formula is C35H51N5O8S4. The quantitative estimate of drug-likeness (QED) is 0.0261. The smallest absolute Gasteiger partial charge is 0.319 e. The van der Waals surface area contributed by atoms with Gasteiger partial charge in [-0.15, -0.1) is 23.1 Å². The first-order chi connectivity index (χ1) is 24.5. The lowest BCUT2D eigenvalue weighted by molar-refractivity contribution is -0.137. The fraction of sp³-hybridized carbons (Fsp3) is 0.429. The fourth-order valence-corrected chi connectivity index (χ4v) is 9.30. The fourth-order valence-electron chi connectivity index (χ4n) is 4.72. The number of aryl methyl sites for hydroxylation is 1. The minimum absolute atomic E-state index is 0.0258. The molecule has 1 aromatic heterocycles. The molecule has 17 heteroatoms.